The molecule has 2 rings (SSSR count). The second kappa shape index (κ2) is 5.82. The lowest BCUT2D eigenvalue weighted by atomic mass is 9.87. The molecule has 7 nitrogen and oxygen atoms in total. The summed E-state index contributed by atoms with van der Waals surface area (Å²) >= 11 is 0. The molecule has 0 aliphatic carbocycles. The number of hydrogen-bond acceptors (Lipinski definition) is 6. The fourth-order valence-electron chi connectivity index (χ4n) is 2.42. The fourth-order valence-corrected chi connectivity index (χ4v) is 2.42. The van der Waals surface area contributed by atoms with E-state index in [2.05, 4.69) is 0 Å². The molecule has 0 N–H and O–H groups in total. The van der Waals surface area contributed by atoms with Gasteiger partial charge in [-0.05, 0) is 13.0 Å². The van der Waals surface area contributed by atoms with Gasteiger partial charge in [0.15, 0.2) is 11.5 Å². The summed E-state index contributed by atoms with van der Waals surface area (Å²) in [6, 6.07) is 5.07. The highest BCUT2D eigenvalue weighted by molar-refractivity contribution is 5.91. The average molecular weight is 293 g/mol. The Labute approximate surface area is 121 Å². The predicted molar refractivity (Wildman–Crippen MR) is 72.9 cm³/mol. The van der Waals surface area contributed by atoms with Crippen LogP contribution in [0.5, 0.6) is 11.5 Å². The van der Waals surface area contributed by atoms with Gasteiger partial charge >= 0.3 is 5.97 Å². The number of rotatable bonds is 4. The van der Waals surface area contributed by atoms with Crippen molar-refractivity contribution in [3.8, 4) is 11.5 Å². The number of ether oxygens (including phenoxy) is 3. The summed E-state index contributed by atoms with van der Waals surface area (Å²) in [5.41, 5.74) is 0.701. The minimum atomic E-state index is -0.730. The molecule has 1 aliphatic rings. The van der Waals surface area contributed by atoms with E-state index in [0.29, 0.717) is 17.1 Å². The maximum absolute atomic E-state index is 11.9. The van der Waals surface area contributed by atoms with Crippen LogP contribution in [0.4, 0.5) is 0 Å². The SMILES string of the molecule is COC(=O)C1=C(C)Oc2c(OC)cccc2[C@H]1C[N+](=O)[O-]. The molecule has 1 aromatic rings. The fraction of sp³-hybridized carbons (Fsp3) is 0.357. The molecule has 21 heavy (non-hydrogen) atoms. The number of benzene rings is 1. The van der Waals surface area contributed by atoms with Gasteiger partial charge in [0.2, 0.25) is 6.54 Å². The van der Waals surface area contributed by atoms with Gasteiger partial charge in [-0.1, -0.05) is 12.1 Å². The molecular weight excluding hydrogens is 278 g/mol. The van der Waals surface area contributed by atoms with E-state index < -0.39 is 23.4 Å². The Hall–Kier alpha value is -2.57. The lowest BCUT2D eigenvalue weighted by molar-refractivity contribution is -0.482. The maximum atomic E-state index is 11.9. The Morgan fingerprint density at radius 1 is 1.43 bits per heavy atom. The number of hydrogen-bond donors (Lipinski definition) is 0. The molecule has 0 unspecified atom stereocenters. The molecule has 1 heterocycles. The molecule has 0 aromatic heterocycles. The molecule has 0 saturated heterocycles. The zero-order chi connectivity index (χ0) is 15.6. The van der Waals surface area contributed by atoms with Gasteiger partial charge in [0.1, 0.15) is 5.76 Å². The highest BCUT2D eigenvalue weighted by Gasteiger charge is 2.37. The quantitative estimate of drug-likeness (QED) is 0.478. The Bertz CT molecular complexity index is 622. The molecule has 0 radical (unpaired) electrons. The number of nitrogens with zero attached hydrogens (tertiary/aromatic N) is 1. The van der Waals surface area contributed by atoms with E-state index in [1.54, 1.807) is 25.1 Å². The minimum absolute atomic E-state index is 0.162. The zero-order valence-electron chi connectivity index (χ0n) is 11.9. The topological polar surface area (TPSA) is 87.9 Å². The van der Waals surface area contributed by atoms with E-state index in [9.17, 15) is 14.9 Å². The third-order valence-corrected chi connectivity index (χ3v) is 3.32. The Kier molecular flexibility index (Phi) is 4.11. The van der Waals surface area contributed by atoms with Crippen molar-refractivity contribution in [1.82, 2.24) is 0 Å². The number of methoxy groups -OCH3 is 2. The molecule has 0 bridgehead atoms. The van der Waals surface area contributed by atoms with Crippen LogP contribution in [-0.4, -0.2) is 31.7 Å². The summed E-state index contributed by atoms with van der Waals surface area (Å²) in [5, 5.41) is 11.0. The van der Waals surface area contributed by atoms with Gasteiger partial charge in [0, 0.05) is 10.5 Å². The van der Waals surface area contributed by atoms with Gasteiger partial charge in [-0.3, -0.25) is 10.1 Å². The molecule has 0 fully saturated rings. The van der Waals surface area contributed by atoms with Crippen molar-refractivity contribution in [3.63, 3.8) is 0 Å². The molecule has 0 spiro atoms. The van der Waals surface area contributed by atoms with E-state index in [0.717, 1.165) is 0 Å². The van der Waals surface area contributed by atoms with Crippen LogP contribution in [0.25, 0.3) is 0 Å². The summed E-state index contributed by atoms with van der Waals surface area (Å²) in [5.74, 6) is -0.217. The van der Waals surface area contributed by atoms with Crippen molar-refractivity contribution >= 4 is 5.97 Å². The monoisotopic (exact) mass is 293 g/mol. The summed E-state index contributed by atoms with van der Waals surface area (Å²) in [4.78, 5) is 22.4. The molecule has 112 valence electrons. The molecular formula is C14H15NO6. The van der Waals surface area contributed by atoms with Gasteiger partial charge in [-0.15, -0.1) is 0 Å². The van der Waals surface area contributed by atoms with Crippen molar-refractivity contribution < 1.29 is 23.9 Å². The smallest absolute Gasteiger partial charge is 0.338 e. The summed E-state index contributed by atoms with van der Waals surface area (Å²) in [6.07, 6.45) is 0. The molecule has 7 heteroatoms. The van der Waals surface area contributed by atoms with Crippen LogP contribution in [0.1, 0.15) is 18.4 Å². The van der Waals surface area contributed by atoms with E-state index >= 15 is 0 Å². The first-order chi connectivity index (χ1) is 9.99. The van der Waals surface area contributed by atoms with Gasteiger partial charge < -0.3 is 14.2 Å². The number of allylic oxidation sites excluding steroid dienone is 1. The molecule has 0 amide bonds. The van der Waals surface area contributed by atoms with Gasteiger partial charge in [0.05, 0.1) is 25.7 Å². The number of carbonyl (C=O) groups is 1. The van der Waals surface area contributed by atoms with E-state index in [1.165, 1.54) is 14.2 Å². The van der Waals surface area contributed by atoms with Gasteiger partial charge in [0.25, 0.3) is 0 Å². The second-order valence-corrected chi connectivity index (χ2v) is 4.51. The number of esters is 1. The number of fused-ring (bicyclic) bond motifs is 1. The lowest BCUT2D eigenvalue weighted by Gasteiger charge is -2.27. The van der Waals surface area contributed by atoms with Crippen LogP contribution in [0.15, 0.2) is 29.5 Å². The van der Waals surface area contributed by atoms with Crippen molar-refractivity contribution in [2.75, 3.05) is 20.8 Å². The van der Waals surface area contributed by atoms with Crippen LogP contribution < -0.4 is 9.47 Å². The summed E-state index contributed by atoms with van der Waals surface area (Å²) < 4.78 is 15.5. The van der Waals surface area contributed by atoms with Crippen LogP contribution in [-0.2, 0) is 9.53 Å². The van der Waals surface area contributed by atoms with E-state index in [1.807, 2.05) is 0 Å². The van der Waals surface area contributed by atoms with Gasteiger partial charge in [-0.2, -0.15) is 0 Å². The van der Waals surface area contributed by atoms with E-state index in [4.69, 9.17) is 14.2 Å². The largest absolute Gasteiger partial charge is 0.493 e. The van der Waals surface area contributed by atoms with Crippen molar-refractivity contribution in [1.29, 1.82) is 0 Å². The molecule has 1 aromatic carbocycles. The third kappa shape index (κ3) is 2.67. The normalized spacial score (nSPS) is 16.8. The Morgan fingerprint density at radius 2 is 2.14 bits per heavy atom. The number of para-hydroxylation sites is 1. The van der Waals surface area contributed by atoms with Crippen LogP contribution >= 0.6 is 0 Å². The maximum Gasteiger partial charge on any atom is 0.338 e. The first kappa shape index (κ1) is 14.8. The number of carbonyl (C=O) groups excluding carboxylic acids is 1. The van der Waals surface area contributed by atoms with Crippen LogP contribution in [0.3, 0.4) is 0 Å². The third-order valence-electron chi connectivity index (χ3n) is 3.32. The lowest BCUT2D eigenvalue weighted by Crippen LogP contribution is -2.26. The molecule has 0 saturated carbocycles. The summed E-state index contributed by atoms with van der Waals surface area (Å²) in [6.45, 7) is 1.15. The minimum Gasteiger partial charge on any atom is -0.493 e. The Morgan fingerprint density at radius 3 is 2.71 bits per heavy atom. The zero-order valence-corrected chi connectivity index (χ0v) is 11.9. The van der Waals surface area contributed by atoms with E-state index in [-0.39, 0.29) is 11.3 Å². The van der Waals surface area contributed by atoms with Crippen LogP contribution in [0.2, 0.25) is 0 Å². The van der Waals surface area contributed by atoms with Crippen LogP contribution in [0, 0.1) is 10.1 Å². The standard InChI is InChI=1S/C14H15NO6/c1-8-12(14(16)20-3)10(7-15(17)18)9-5-4-6-11(19-2)13(9)21-8/h4-6,10H,7H2,1-3H3/t10-/m1/s1. The first-order valence-corrected chi connectivity index (χ1v) is 6.25. The molecule has 1 aliphatic heterocycles. The van der Waals surface area contributed by atoms with Crippen molar-refractivity contribution in [3.05, 3.63) is 45.2 Å². The Balaban J connectivity index is 2.59. The highest BCUT2D eigenvalue weighted by Crippen LogP contribution is 2.44. The number of nitro groups is 1. The first-order valence-electron chi connectivity index (χ1n) is 6.25. The van der Waals surface area contributed by atoms with Crippen molar-refractivity contribution in [2.45, 2.75) is 12.8 Å². The average Bonchev–Trinajstić information content (AvgIpc) is 2.45. The second-order valence-electron chi connectivity index (χ2n) is 4.51. The van der Waals surface area contributed by atoms with Gasteiger partial charge in [-0.25, -0.2) is 4.79 Å². The highest BCUT2D eigenvalue weighted by atomic mass is 16.6. The summed E-state index contributed by atoms with van der Waals surface area (Å²) in [7, 11) is 2.71. The molecule has 1 atom stereocenters. The van der Waals surface area contributed by atoms with Crippen molar-refractivity contribution in [2.24, 2.45) is 0 Å². The predicted octanol–water partition coefficient (Wildman–Crippen LogP) is 1.89.